The number of carbonyl (C=O) groups excluding carboxylic acids is 1. The summed E-state index contributed by atoms with van der Waals surface area (Å²) in [6.07, 6.45) is 0. The number of rotatable bonds is 3. The van der Waals surface area contributed by atoms with E-state index in [0.717, 1.165) is 13.0 Å². The van der Waals surface area contributed by atoms with Gasteiger partial charge in [-0.1, -0.05) is 16.8 Å². The van der Waals surface area contributed by atoms with Gasteiger partial charge in [-0.3, -0.25) is 10.1 Å². The number of hydrogen-bond donors (Lipinski definition) is 1. The molecule has 1 aromatic rings. The third-order valence-corrected chi connectivity index (χ3v) is 2.03. The Hall–Kier alpha value is -2.15. The lowest BCUT2D eigenvalue weighted by molar-refractivity contribution is -0.384. The third kappa shape index (κ3) is 3.42. The second-order valence-corrected chi connectivity index (χ2v) is 3.39. The molecule has 8 heteroatoms. The van der Waals surface area contributed by atoms with Crippen LogP contribution in [0, 0.1) is 10.1 Å². The van der Waals surface area contributed by atoms with Gasteiger partial charge in [-0.25, -0.2) is 4.79 Å². The van der Waals surface area contributed by atoms with E-state index in [2.05, 4.69) is 9.99 Å². The van der Waals surface area contributed by atoms with Crippen LogP contribution in [0.15, 0.2) is 23.4 Å². The number of amidine groups is 1. The van der Waals surface area contributed by atoms with Crippen molar-refractivity contribution in [1.29, 1.82) is 0 Å². The van der Waals surface area contributed by atoms with Crippen LogP contribution in [0.3, 0.4) is 0 Å². The first-order valence-electron chi connectivity index (χ1n) is 4.37. The van der Waals surface area contributed by atoms with Gasteiger partial charge in [0.2, 0.25) is 0 Å². The van der Waals surface area contributed by atoms with E-state index < -0.39 is 10.9 Å². The number of hydrogen-bond acceptors (Lipinski definition) is 5. The van der Waals surface area contributed by atoms with Crippen LogP contribution in [-0.4, -0.2) is 16.7 Å². The summed E-state index contributed by atoms with van der Waals surface area (Å²) in [6.45, 7) is 1.15. The van der Waals surface area contributed by atoms with E-state index in [9.17, 15) is 14.9 Å². The van der Waals surface area contributed by atoms with Crippen molar-refractivity contribution in [2.24, 2.45) is 10.9 Å². The molecule has 0 saturated heterocycles. The largest absolute Gasteiger partial charge is 0.380 e. The quantitative estimate of drug-likeness (QED) is 0.290. The first kappa shape index (κ1) is 12.9. The minimum Gasteiger partial charge on any atom is -0.380 e. The summed E-state index contributed by atoms with van der Waals surface area (Å²) >= 11 is 5.62. The number of benzene rings is 1. The highest BCUT2D eigenvalue weighted by Gasteiger charge is 2.14. The standard InChI is InChI=1S/C9H8ClN3O4/c1-5(14)17-12-9(11)6-2-3-7(10)8(4-6)13(15)16/h2-4H,1H3,(H2,11,12). The van der Waals surface area contributed by atoms with E-state index in [1.54, 1.807) is 0 Å². The van der Waals surface area contributed by atoms with Gasteiger partial charge in [0.15, 0.2) is 5.84 Å². The molecule has 2 N–H and O–H groups in total. The summed E-state index contributed by atoms with van der Waals surface area (Å²) in [5.74, 6) is -0.795. The lowest BCUT2D eigenvalue weighted by Crippen LogP contribution is -2.14. The molecular formula is C9H8ClN3O4. The van der Waals surface area contributed by atoms with Gasteiger partial charge in [0, 0.05) is 18.6 Å². The van der Waals surface area contributed by atoms with Crippen molar-refractivity contribution in [3.05, 3.63) is 38.9 Å². The maximum absolute atomic E-state index is 10.6. The van der Waals surface area contributed by atoms with E-state index in [1.165, 1.54) is 12.1 Å². The average Bonchev–Trinajstić information content (AvgIpc) is 2.26. The molecule has 0 spiro atoms. The Bertz CT molecular complexity index is 501. The summed E-state index contributed by atoms with van der Waals surface area (Å²) in [4.78, 5) is 24.8. The lowest BCUT2D eigenvalue weighted by Gasteiger charge is -2.01. The zero-order valence-electron chi connectivity index (χ0n) is 8.71. The Balaban J connectivity index is 3.07. The first-order valence-corrected chi connectivity index (χ1v) is 4.75. The van der Waals surface area contributed by atoms with Crippen molar-refractivity contribution in [3.63, 3.8) is 0 Å². The van der Waals surface area contributed by atoms with Crippen molar-refractivity contribution in [2.75, 3.05) is 0 Å². The summed E-state index contributed by atoms with van der Waals surface area (Å²) in [7, 11) is 0. The average molecular weight is 258 g/mol. The highest BCUT2D eigenvalue weighted by Crippen LogP contribution is 2.24. The van der Waals surface area contributed by atoms with Crippen molar-refractivity contribution >= 4 is 29.1 Å². The normalized spacial score (nSPS) is 11.1. The van der Waals surface area contributed by atoms with E-state index >= 15 is 0 Å². The molecule has 0 aliphatic rings. The van der Waals surface area contributed by atoms with Crippen LogP contribution in [0.4, 0.5) is 5.69 Å². The van der Waals surface area contributed by atoms with Gasteiger partial charge in [-0.2, -0.15) is 0 Å². The predicted octanol–water partition coefficient (Wildman–Crippen LogP) is 1.43. The molecule has 0 heterocycles. The smallest absolute Gasteiger partial charge is 0.332 e. The van der Waals surface area contributed by atoms with Crippen LogP contribution in [-0.2, 0) is 9.63 Å². The van der Waals surface area contributed by atoms with E-state index in [1.807, 2.05) is 0 Å². The van der Waals surface area contributed by atoms with Crippen molar-refractivity contribution in [3.8, 4) is 0 Å². The fraction of sp³-hybridized carbons (Fsp3) is 0.111. The molecule has 1 rings (SSSR count). The zero-order chi connectivity index (χ0) is 13.0. The van der Waals surface area contributed by atoms with Crippen LogP contribution < -0.4 is 5.73 Å². The van der Waals surface area contributed by atoms with Crippen LogP contribution >= 0.6 is 11.6 Å². The number of nitrogens with zero attached hydrogens (tertiary/aromatic N) is 2. The SMILES string of the molecule is CC(=O)O/N=C(\N)c1ccc(Cl)c([N+](=O)[O-])c1. The summed E-state index contributed by atoms with van der Waals surface area (Å²) in [5, 5.41) is 13.9. The van der Waals surface area contributed by atoms with Crippen LogP contribution in [0.1, 0.15) is 12.5 Å². The molecule has 0 aliphatic heterocycles. The minimum absolute atomic E-state index is 0.0148. The van der Waals surface area contributed by atoms with Gasteiger partial charge in [-0.15, -0.1) is 0 Å². The second kappa shape index (κ2) is 5.26. The Labute approximate surface area is 101 Å². The molecular weight excluding hydrogens is 250 g/mol. The fourth-order valence-electron chi connectivity index (χ4n) is 0.978. The molecule has 0 fully saturated rings. The van der Waals surface area contributed by atoms with Gasteiger partial charge < -0.3 is 10.6 Å². The molecule has 0 aliphatic carbocycles. The number of oxime groups is 1. The van der Waals surface area contributed by atoms with Crippen molar-refractivity contribution < 1.29 is 14.6 Å². The van der Waals surface area contributed by atoms with E-state index in [4.69, 9.17) is 17.3 Å². The van der Waals surface area contributed by atoms with Gasteiger partial charge in [-0.05, 0) is 12.1 Å². The molecule has 0 saturated carbocycles. The van der Waals surface area contributed by atoms with E-state index in [0.29, 0.717) is 0 Å². The Morgan fingerprint density at radius 3 is 2.76 bits per heavy atom. The van der Waals surface area contributed by atoms with Gasteiger partial charge >= 0.3 is 5.97 Å². The summed E-state index contributed by atoms with van der Waals surface area (Å²) in [5.41, 5.74) is 5.41. The predicted molar refractivity (Wildman–Crippen MR) is 60.6 cm³/mol. The number of nitrogens with two attached hydrogens (primary N) is 1. The Morgan fingerprint density at radius 1 is 1.59 bits per heavy atom. The molecule has 0 atom stereocenters. The van der Waals surface area contributed by atoms with Gasteiger partial charge in [0.25, 0.3) is 5.69 Å². The van der Waals surface area contributed by atoms with Crippen molar-refractivity contribution in [2.45, 2.75) is 6.92 Å². The Morgan fingerprint density at radius 2 is 2.24 bits per heavy atom. The van der Waals surface area contributed by atoms with Crippen LogP contribution in [0.5, 0.6) is 0 Å². The van der Waals surface area contributed by atoms with Gasteiger partial charge in [0.05, 0.1) is 4.92 Å². The maximum Gasteiger partial charge on any atom is 0.332 e. The lowest BCUT2D eigenvalue weighted by atomic mass is 10.2. The van der Waals surface area contributed by atoms with Crippen LogP contribution in [0.2, 0.25) is 5.02 Å². The Kier molecular flexibility index (Phi) is 4.00. The molecule has 0 unspecified atom stereocenters. The van der Waals surface area contributed by atoms with Crippen LogP contribution in [0.25, 0.3) is 0 Å². The zero-order valence-corrected chi connectivity index (χ0v) is 9.47. The third-order valence-electron chi connectivity index (χ3n) is 1.71. The number of nitro benzene ring substituents is 1. The monoisotopic (exact) mass is 257 g/mol. The molecule has 7 nitrogen and oxygen atoms in total. The molecule has 90 valence electrons. The summed E-state index contributed by atoms with van der Waals surface area (Å²) < 4.78 is 0. The molecule has 0 aromatic heterocycles. The second-order valence-electron chi connectivity index (χ2n) is 2.98. The minimum atomic E-state index is -0.648. The first-order chi connectivity index (χ1) is 7.91. The molecule has 0 bridgehead atoms. The molecule has 17 heavy (non-hydrogen) atoms. The highest BCUT2D eigenvalue weighted by molar-refractivity contribution is 6.32. The number of carbonyl (C=O) groups is 1. The topological polar surface area (TPSA) is 108 Å². The molecule has 0 radical (unpaired) electrons. The number of nitro groups is 1. The van der Waals surface area contributed by atoms with Crippen molar-refractivity contribution in [1.82, 2.24) is 0 Å². The molecule has 0 amide bonds. The molecule has 1 aromatic carbocycles. The van der Waals surface area contributed by atoms with E-state index in [-0.39, 0.29) is 22.1 Å². The van der Waals surface area contributed by atoms with Gasteiger partial charge in [0.1, 0.15) is 5.02 Å². The maximum atomic E-state index is 10.6. The number of halogens is 1. The summed E-state index contributed by atoms with van der Waals surface area (Å²) in [6, 6.07) is 3.88. The fourth-order valence-corrected chi connectivity index (χ4v) is 1.16. The highest BCUT2D eigenvalue weighted by atomic mass is 35.5.